The Labute approximate surface area is 194 Å². The molecule has 0 aromatic heterocycles. The fraction of sp³-hybridized carbons (Fsp3) is 0.759. The van der Waals surface area contributed by atoms with Crippen molar-refractivity contribution in [1.29, 1.82) is 0 Å². The van der Waals surface area contributed by atoms with Gasteiger partial charge in [0.25, 0.3) is 0 Å². The number of carbonyl (C=O) groups is 1. The first-order valence-electron chi connectivity index (χ1n) is 13.0. The molecule has 0 amide bonds. The number of aryl methyl sites for hydroxylation is 1. The number of ether oxygens (including phenoxy) is 1. The fourth-order valence-electron chi connectivity index (χ4n) is 9.21. The molecule has 1 aromatic carbocycles. The van der Waals surface area contributed by atoms with E-state index in [0.717, 1.165) is 44.3 Å². The molecule has 0 radical (unpaired) electrons. The third-order valence-electron chi connectivity index (χ3n) is 10.7. The van der Waals surface area contributed by atoms with Crippen LogP contribution in [0.4, 0.5) is 0 Å². The zero-order valence-corrected chi connectivity index (χ0v) is 20.5. The molecule has 1 aromatic rings. The minimum Gasteiger partial charge on any atom is -0.390 e. The summed E-state index contributed by atoms with van der Waals surface area (Å²) in [5.74, 6) is 3.16. The summed E-state index contributed by atoms with van der Waals surface area (Å²) in [4.78, 5) is 13.6. The van der Waals surface area contributed by atoms with Crippen molar-refractivity contribution < 1.29 is 14.6 Å². The van der Waals surface area contributed by atoms with Crippen LogP contribution in [0.2, 0.25) is 0 Å². The first kappa shape index (κ1) is 22.6. The van der Waals surface area contributed by atoms with Crippen LogP contribution in [-0.2, 0) is 4.74 Å². The standard InChI is InChI=1S/C29H42O3/c1-19-6-5-7-20(16-19)26(30)25-11-10-23-22-9-8-21-17-27(2,31)14-15-29(21,18-32-4)24(22)12-13-28(23,25)3/h5-7,16,21-25,31H,8-15,17-18H2,1-4H3/t21-,22-,23-,24-,25+,27+,28-,29+/m0/s1. The van der Waals surface area contributed by atoms with E-state index in [-0.39, 0.29) is 16.7 Å². The van der Waals surface area contributed by atoms with Gasteiger partial charge in [0.15, 0.2) is 5.78 Å². The van der Waals surface area contributed by atoms with Gasteiger partial charge in [-0.3, -0.25) is 4.79 Å². The lowest BCUT2D eigenvalue weighted by atomic mass is 9.43. The molecular weight excluding hydrogens is 396 g/mol. The second-order valence-corrected chi connectivity index (χ2v) is 12.4. The highest BCUT2D eigenvalue weighted by Crippen LogP contribution is 2.68. The Balaban J connectivity index is 1.42. The quantitative estimate of drug-likeness (QED) is 0.568. The van der Waals surface area contributed by atoms with Crippen molar-refractivity contribution in [3.63, 3.8) is 0 Å². The van der Waals surface area contributed by atoms with Crippen LogP contribution in [0.5, 0.6) is 0 Å². The largest absolute Gasteiger partial charge is 0.390 e. The van der Waals surface area contributed by atoms with Crippen LogP contribution in [0.15, 0.2) is 24.3 Å². The number of carbonyl (C=O) groups excluding carboxylic acids is 1. The highest BCUT2D eigenvalue weighted by Gasteiger charge is 2.63. The van der Waals surface area contributed by atoms with Crippen molar-refractivity contribution >= 4 is 5.78 Å². The van der Waals surface area contributed by atoms with Gasteiger partial charge in [0.05, 0.1) is 12.2 Å². The number of methoxy groups -OCH3 is 1. The topological polar surface area (TPSA) is 46.5 Å². The molecule has 4 saturated carbocycles. The first-order valence-corrected chi connectivity index (χ1v) is 13.0. The van der Waals surface area contributed by atoms with E-state index in [2.05, 4.69) is 26.0 Å². The Morgan fingerprint density at radius 1 is 1.06 bits per heavy atom. The third-order valence-corrected chi connectivity index (χ3v) is 10.7. The van der Waals surface area contributed by atoms with E-state index in [1.165, 1.54) is 31.2 Å². The number of aliphatic hydroxyl groups is 1. The third kappa shape index (κ3) is 3.41. The lowest BCUT2D eigenvalue weighted by Gasteiger charge is -2.62. The highest BCUT2D eigenvalue weighted by molar-refractivity contribution is 5.98. The fourth-order valence-corrected chi connectivity index (χ4v) is 9.21. The number of ketones is 1. The maximum atomic E-state index is 13.6. The van der Waals surface area contributed by atoms with Gasteiger partial charge in [-0.25, -0.2) is 0 Å². The first-order chi connectivity index (χ1) is 15.2. The second-order valence-electron chi connectivity index (χ2n) is 12.4. The van der Waals surface area contributed by atoms with Gasteiger partial charge in [0, 0.05) is 18.6 Å². The molecule has 0 spiro atoms. The van der Waals surface area contributed by atoms with Gasteiger partial charge in [-0.05, 0) is 112 Å². The summed E-state index contributed by atoms with van der Waals surface area (Å²) in [6.45, 7) is 7.40. The van der Waals surface area contributed by atoms with Gasteiger partial charge >= 0.3 is 0 Å². The summed E-state index contributed by atoms with van der Waals surface area (Å²) < 4.78 is 5.89. The molecule has 176 valence electrons. The SMILES string of the molecule is COC[C@]12CC[C@@](C)(O)C[C@@H]1CC[C@H]1[C@@H]3CC[C@H](C(=O)c4cccc(C)c4)[C@@]3(C)CC[C@@H]12. The average Bonchev–Trinajstić information content (AvgIpc) is 3.10. The molecule has 3 heteroatoms. The zero-order chi connectivity index (χ0) is 22.7. The summed E-state index contributed by atoms with van der Waals surface area (Å²) in [6, 6.07) is 8.21. The Morgan fingerprint density at radius 2 is 1.88 bits per heavy atom. The summed E-state index contributed by atoms with van der Waals surface area (Å²) in [5, 5.41) is 10.8. The number of hydrogen-bond donors (Lipinski definition) is 1. The number of rotatable bonds is 4. The molecule has 4 aliphatic rings. The van der Waals surface area contributed by atoms with Crippen molar-refractivity contribution in [1.82, 2.24) is 0 Å². The number of benzene rings is 1. The lowest BCUT2D eigenvalue weighted by molar-refractivity contribution is -0.173. The van der Waals surface area contributed by atoms with Crippen molar-refractivity contribution in [3.05, 3.63) is 35.4 Å². The Kier molecular flexibility index (Phi) is 5.61. The Morgan fingerprint density at radius 3 is 2.62 bits per heavy atom. The molecular formula is C29H42O3. The van der Waals surface area contributed by atoms with Crippen molar-refractivity contribution in [2.45, 2.75) is 84.2 Å². The molecule has 0 heterocycles. The molecule has 0 aliphatic heterocycles. The van der Waals surface area contributed by atoms with Gasteiger partial charge in [-0.15, -0.1) is 0 Å². The van der Waals surface area contributed by atoms with Gasteiger partial charge in [0.1, 0.15) is 0 Å². The van der Waals surface area contributed by atoms with E-state index in [1.807, 2.05) is 26.2 Å². The van der Waals surface area contributed by atoms with Crippen LogP contribution in [0.25, 0.3) is 0 Å². The molecule has 3 nitrogen and oxygen atoms in total. The van der Waals surface area contributed by atoms with E-state index in [9.17, 15) is 9.90 Å². The molecule has 0 bridgehead atoms. The zero-order valence-electron chi connectivity index (χ0n) is 20.5. The summed E-state index contributed by atoms with van der Waals surface area (Å²) >= 11 is 0. The van der Waals surface area contributed by atoms with Crippen LogP contribution in [0.1, 0.15) is 87.6 Å². The van der Waals surface area contributed by atoms with Gasteiger partial charge in [-0.1, -0.05) is 30.7 Å². The molecule has 5 rings (SSSR count). The van der Waals surface area contributed by atoms with E-state index in [1.54, 1.807) is 0 Å². The van der Waals surface area contributed by atoms with Crippen LogP contribution < -0.4 is 0 Å². The lowest BCUT2D eigenvalue weighted by Crippen LogP contribution is -2.58. The predicted octanol–water partition coefficient (Wildman–Crippen LogP) is 6.21. The minimum absolute atomic E-state index is 0.128. The Bertz CT molecular complexity index is 875. The molecule has 0 saturated heterocycles. The molecule has 32 heavy (non-hydrogen) atoms. The van der Waals surface area contributed by atoms with Crippen LogP contribution in [0, 0.1) is 47.3 Å². The van der Waals surface area contributed by atoms with Gasteiger partial charge < -0.3 is 9.84 Å². The Hall–Kier alpha value is -1.19. The van der Waals surface area contributed by atoms with Crippen LogP contribution >= 0.6 is 0 Å². The molecule has 4 fully saturated rings. The summed E-state index contributed by atoms with van der Waals surface area (Å²) in [7, 11) is 1.86. The monoisotopic (exact) mass is 438 g/mol. The molecule has 0 unspecified atom stereocenters. The smallest absolute Gasteiger partial charge is 0.166 e. The molecule has 1 N–H and O–H groups in total. The van der Waals surface area contributed by atoms with E-state index < -0.39 is 5.60 Å². The average molecular weight is 439 g/mol. The van der Waals surface area contributed by atoms with Gasteiger partial charge in [0.2, 0.25) is 0 Å². The number of Topliss-reactive ketones (excluding diaryl/α,β-unsaturated/α-hetero) is 1. The number of hydrogen-bond acceptors (Lipinski definition) is 3. The predicted molar refractivity (Wildman–Crippen MR) is 128 cm³/mol. The maximum absolute atomic E-state index is 13.6. The van der Waals surface area contributed by atoms with Crippen molar-refractivity contribution in [2.24, 2.45) is 40.4 Å². The maximum Gasteiger partial charge on any atom is 0.166 e. The van der Waals surface area contributed by atoms with Crippen molar-refractivity contribution in [2.75, 3.05) is 13.7 Å². The van der Waals surface area contributed by atoms with Gasteiger partial charge in [-0.2, -0.15) is 0 Å². The van der Waals surface area contributed by atoms with E-state index in [4.69, 9.17) is 4.74 Å². The number of fused-ring (bicyclic) bond motifs is 5. The summed E-state index contributed by atoms with van der Waals surface area (Å²) in [5.41, 5.74) is 1.92. The second kappa shape index (κ2) is 7.94. The van der Waals surface area contributed by atoms with E-state index in [0.29, 0.717) is 29.5 Å². The van der Waals surface area contributed by atoms with Crippen LogP contribution in [0.3, 0.4) is 0 Å². The minimum atomic E-state index is -0.517. The molecule has 4 aliphatic carbocycles. The molecule has 8 atom stereocenters. The van der Waals surface area contributed by atoms with Crippen molar-refractivity contribution in [3.8, 4) is 0 Å². The highest BCUT2D eigenvalue weighted by atomic mass is 16.5. The summed E-state index contributed by atoms with van der Waals surface area (Å²) in [6.07, 6.45) is 10.0. The van der Waals surface area contributed by atoms with Crippen LogP contribution in [-0.4, -0.2) is 30.2 Å². The van der Waals surface area contributed by atoms with E-state index >= 15 is 0 Å². The normalized spacial score (nSPS) is 45.6.